The third kappa shape index (κ3) is 5.74. The molecule has 4 aliphatic carbocycles. The van der Waals surface area contributed by atoms with Crippen LogP contribution in [0.4, 0.5) is 0 Å². The summed E-state index contributed by atoms with van der Waals surface area (Å²) in [6.45, 7) is 6.15. The van der Waals surface area contributed by atoms with Crippen molar-refractivity contribution in [2.24, 2.45) is 34.5 Å². The molecular formula is C36H56O13. The topological polar surface area (TPSA) is 194 Å². The van der Waals surface area contributed by atoms with E-state index in [1.54, 1.807) is 13.0 Å². The van der Waals surface area contributed by atoms with Crippen molar-refractivity contribution in [2.45, 2.75) is 152 Å². The van der Waals surface area contributed by atoms with Gasteiger partial charge in [0.2, 0.25) is 0 Å². The largest absolute Gasteiger partial charge is 0.458 e. The molecule has 0 aromatic carbocycles. The summed E-state index contributed by atoms with van der Waals surface area (Å²) in [5.74, 6) is 0.909. The van der Waals surface area contributed by atoms with Crippen molar-refractivity contribution < 1.29 is 63.9 Å². The summed E-state index contributed by atoms with van der Waals surface area (Å²) in [6.07, 6.45) is -2.30. The predicted octanol–water partition coefficient (Wildman–Crippen LogP) is 0.934. The van der Waals surface area contributed by atoms with Crippen molar-refractivity contribution >= 4 is 5.97 Å². The quantitative estimate of drug-likeness (QED) is 0.163. The van der Waals surface area contributed by atoms with Gasteiger partial charge in [-0.25, -0.2) is 4.79 Å². The van der Waals surface area contributed by atoms with E-state index in [-0.39, 0.29) is 34.7 Å². The maximum Gasteiger partial charge on any atom is 0.331 e. The molecule has 13 nitrogen and oxygen atoms in total. The molecule has 2 saturated heterocycles. The Hall–Kier alpha value is -1.23. The number of hydrogen-bond acceptors (Lipinski definition) is 13. The molecule has 3 aliphatic heterocycles. The van der Waals surface area contributed by atoms with Crippen molar-refractivity contribution in [1.29, 1.82) is 0 Å². The standard InChI is InChI=1S/C36H56O13/c1-17-30(49-32-28(41)27(40)26(39)24(15-37)48-32)31(44-4)29(42)33(46-17)47-20-7-10-34(2)19(14-20)5-6-23-22(34)8-11-35(3)21(9-12-36(23,35)43)18-13-25(38)45-16-18/h13,17,19-24,26-33,37,39-43H,5-12,14-16H2,1-4H3/t17-,19+,20-,21+,22-,23+,24+,26+,27-,28+,29+,30-,31-,32-,33-,34-,35+,36-/m0/s1. The Labute approximate surface area is 287 Å². The van der Waals surface area contributed by atoms with Crippen LogP contribution in [0.25, 0.3) is 0 Å². The normalized spacial score (nSPS) is 54.4. The van der Waals surface area contributed by atoms with Crippen LogP contribution in [0.1, 0.15) is 78.6 Å². The molecule has 7 aliphatic rings. The van der Waals surface area contributed by atoms with E-state index < -0.39 is 73.6 Å². The van der Waals surface area contributed by atoms with Gasteiger partial charge in [-0.05, 0) is 99.4 Å². The van der Waals surface area contributed by atoms with Gasteiger partial charge in [0.05, 0.1) is 24.4 Å². The number of carbonyl (C=O) groups excluding carboxylic acids is 1. The van der Waals surface area contributed by atoms with E-state index in [1.165, 1.54) is 7.11 Å². The minimum absolute atomic E-state index is 0.0579. The number of rotatable bonds is 7. The van der Waals surface area contributed by atoms with Gasteiger partial charge in [0.1, 0.15) is 49.3 Å². The average Bonchev–Trinajstić information content (AvgIpc) is 3.62. The van der Waals surface area contributed by atoms with Gasteiger partial charge in [-0.15, -0.1) is 0 Å². The first-order chi connectivity index (χ1) is 23.3. The molecule has 0 aromatic heterocycles. The van der Waals surface area contributed by atoms with Gasteiger partial charge in [-0.3, -0.25) is 0 Å². The Balaban J connectivity index is 0.990. The molecule has 0 unspecified atom stereocenters. The molecule has 18 atom stereocenters. The monoisotopic (exact) mass is 696 g/mol. The average molecular weight is 697 g/mol. The maximum absolute atomic E-state index is 12.5. The smallest absolute Gasteiger partial charge is 0.331 e. The van der Waals surface area contributed by atoms with E-state index in [9.17, 15) is 35.4 Å². The lowest BCUT2D eigenvalue weighted by molar-refractivity contribution is -0.362. The highest BCUT2D eigenvalue weighted by molar-refractivity contribution is 5.85. The zero-order chi connectivity index (χ0) is 35.0. The number of hydrogen-bond donors (Lipinski definition) is 6. The fourth-order valence-corrected chi connectivity index (χ4v) is 11.6. The molecule has 6 fully saturated rings. The lowest BCUT2D eigenvalue weighted by Crippen LogP contribution is -2.64. The van der Waals surface area contributed by atoms with Crippen molar-refractivity contribution in [3.05, 3.63) is 11.6 Å². The number of esters is 1. The second-order valence-electron chi connectivity index (χ2n) is 16.5. The third-order valence-corrected chi connectivity index (χ3v) is 14.4. The summed E-state index contributed by atoms with van der Waals surface area (Å²) >= 11 is 0. The highest BCUT2D eigenvalue weighted by atomic mass is 16.7. The zero-order valence-corrected chi connectivity index (χ0v) is 29.1. The minimum Gasteiger partial charge on any atom is -0.458 e. The van der Waals surface area contributed by atoms with Crippen LogP contribution < -0.4 is 0 Å². The van der Waals surface area contributed by atoms with Crippen LogP contribution in [-0.2, 0) is 33.2 Å². The second-order valence-corrected chi connectivity index (χ2v) is 16.5. The fraction of sp³-hybridized carbons (Fsp3) is 0.917. The van der Waals surface area contributed by atoms with E-state index in [4.69, 9.17) is 28.4 Å². The summed E-state index contributed by atoms with van der Waals surface area (Å²) in [5.41, 5.74) is 0.0599. The zero-order valence-electron chi connectivity index (χ0n) is 29.1. The van der Waals surface area contributed by atoms with E-state index in [0.717, 1.165) is 63.4 Å². The number of aliphatic hydroxyl groups is 6. The van der Waals surface area contributed by atoms with Crippen LogP contribution in [0, 0.1) is 34.5 Å². The number of ether oxygens (including phenoxy) is 6. The Kier molecular flexibility index (Phi) is 9.82. The predicted molar refractivity (Wildman–Crippen MR) is 170 cm³/mol. The van der Waals surface area contributed by atoms with Gasteiger partial charge >= 0.3 is 5.97 Å². The van der Waals surface area contributed by atoms with E-state index >= 15 is 0 Å². The summed E-state index contributed by atoms with van der Waals surface area (Å²) in [5, 5.41) is 64.3. The molecule has 0 bridgehead atoms. The van der Waals surface area contributed by atoms with Gasteiger partial charge in [-0.1, -0.05) is 13.8 Å². The third-order valence-electron chi connectivity index (χ3n) is 14.4. The summed E-state index contributed by atoms with van der Waals surface area (Å²) in [4.78, 5) is 11.9. The maximum atomic E-state index is 12.5. The van der Waals surface area contributed by atoms with Crippen LogP contribution in [0.15, 0.2) is 11.6 Å². The number of aliphatic hydroxyl groups excluding tert-OH is 5. The van der Waals surface area contributed by atoms with E-state index in [2.05, 4.69) is 13.8 Å². The van der Waals surface area contributed by atoms with E-state index in [0.29, 0.717) is 18.4 Å². The first-order valence-electron chi connectivity index (χ1n) is 18.3. The molecule has 0 aromatic rings. The Morgan fingerprint density at radius 3 is 2.31 bits per heavy atom. The van der Waals surface area contributed by atoms with Gasteiger partial charge in [0, 0.05) is 18.6 Å². The first-order valence-corrected chi connectivity index (χ1v) is 18.3. The SMILES string of the molecule is CO[C@H]1[C@@H](O)[C@H](O[C@H]2CC[C@@]3(C)[C@H](CC[C@@H]4[C@@H]3CC[C@]3(C)[C@@H](C5=CC(=O)OC5)CC[C@]43O)C2)O[C@@H](C)[C@@H]1O[C@@H]1O[C@H](CO)[C@@H](O)[C@H](O)[C@H]1O. The molecule has 7 rings (SSSR count). The lowest BCUT2D eigenvalue weighted by atomic mass is 9.43. The highest BCUT2D eigenvalue weighted by Crippen LogP contribution is 2.70. The molecule has 3 heterocycles. The Morgan fingerprint density at radius 2 is 1.61 bits per heavy atom. The van der Waals surface area contributed by atoms with Crippen molar-refractivity contribution in [2.75, 3.05) is 20.3 Å². The van der Waals surface area contributed by atoms with Crippen LogP contribution >= 0.6 is 0 Å². The number of fused-ring (bicyclic) bond motifs is 5. The fourth-order valence-electron chi connectivity index (χ4n) is 11.6. The van der Waals surface area contributed by atoms with Crippen LogP contribution in [0.2, 0.25) is 0 Å². The molecule has 278 valence electrons. The summed E-state index contributed by atoms with van der Waals surface area (Å²) in [7, 11) is 1.44. The highest BCUT2D eigenvalue weighted by Gasteiger charge is 2.68. The van der Waals surface area contributed by atoms with Crippen LogP contribution in [0.5, 0.6) is 0 Å². The molecule has 0 spiro atoms. The first kappa shape index (κ1) is 36.1. The molecular weight excluding hydrogens is 640 g/mol. The van der Waals surface area contributed by atoms with Crippen LogP contribution in [-0.4, -0.2) is 130 Å². The van der Waals surface area contributed by atoms with Crippen molar-refractivity contribution in [3.8, 4) is 0 Å². The molecule has 49 heavy (non-hydrogen) atoms. The molecule has 13 heteroatoms. The molecule has 4 saturated carbocycles. The van der Waals surface area contributed by atoms with Crippen molar-refractivity contribution in [3.63, 3.8) is 0 Å². The minimum atomic E-state index is -1.60. The van der Waals surface area contributed by atoms with Crippen LogP contribution in [0.3, 0.4) is 0 Å². The van der Waals surface area contributed by atoms with Gasteiger partial charge < -0.3 is 59.1 Å². The molecule has 0 amide bonds. The number of methoxy groups -OCH3 is 1. The number of cyclic esters (lactones) is 1. The number of carbonyl (C=O) groups is 1. The Morgan fingerprint density at radius 1 is 0.857 bits per heavy atom. The lowest BCUT2D eigenvalue weighted by Gasteiger charge is -2.64. The second kappa shape index (κ2) is 13.3. The Bertz CT molecular complexity index is 1260. The van der Waals surface area contributed by atoms with Crippen molar-refractivity contribution in [1.82, 2.24) is 0 Å². The van der Waals surface area contributed by atoms with Gasteiger partial charge in [0.15, 0.2) is 12.6 Å². The summed E-state index contributed by atoms with van der Waals surface area (Å²) in [6, 6.07) is 0. The van der Waals surface area contributed by atoms with Gasteiger partial charge in [-0.2, -0.15) is 0 Å². The molecule has 0 radical (unpaired) electrons. The van der Waals surface area contributed by atoms with Gasteiger partial charge in [0.25, 0.3) is 0 Å². The summed E-state index contributed by atoms with van der Waals surface area (Å²) < 4.78 is 35.1. The van der Waals surface area contributed by atoms with E-state index in [1.807, 2.05) is 0 Å². The molecule has 6 N–H and O–H groups in total.